The number of nitrogens with zero attached hydrogens (tertiary/aromatic N) is 4. The number of fused-ring (bicyclic) bond motifs is 2. The number of hydrogen-bond acceptors (Lipinski definition) is 12. The van der Waals surface area contributed by atoms with Crippen molar-refractivity contribution in [2.75, 3.05) is 12.3 Å². The Morgan fingerprint density at radius 1 is 1.18 bits per heavy atom. The predicted octanol–water partition coefficient (Wildman–Crippen LogP) is 3.07. The second-order valence-electron chi connectivity index (χ2n) is 10.5. The minimum Gasteiger partial charge on any atom is -0.462 e. The van der Waals surface area contributed by atoms with Crippen LogP contribution in [0.4, 0.5) is 14.6 Å². The first-order valence-electron chi connectivity index (χ1n) is 13.5. The molecule has 6 atom stereocenters. The minimum atomic E-state index is -3.86. The first-order valence-corrected chi connectivity index (χ1v) is 16.1. The molecule has 0 aliphatic carbocycles. The van der Waals surface area contributed by atoms with Crippen molar-refractivity contribution in [1.82, 2.24) is 24.6 Å². The van der Waals surface area contributed by atoms with Gasteiger partial charge in [-0.25, -0.2) is 28.8 Å². The number of aliphatic hydroxyl groups excluding tert-OH is 2. The summed E-state index contributed by atoms with van der Waals surface area (Å²) in [6, 6.07) is 11.4. The van der Waals surface area contributed by atoms with Gasteiger partial charge in [0.1, 0.15) is 35.8 Å². The smallest absolute Gasteiger partial charge is 0.323 e. The van der Waals surface area contributed by atoms with Crippen LogP contribution in [0, 0.1) is 0 Å². The van der Waals surface area contributed by atoms with Crippen molar-refractivity contribution in [3.05, 3.63) is 55.1 Å². The van der Waals surface area contributed by atoms with Gasteiger partial charge in [0.05, 0.1) is 19.0 Å². The lowest BCUT2D eigenvalue weighted by molar-refractivity contribution is -0.191. The van der Waals surface area contributed by atoms with E-state index in [0.29, 0.717) is 0 Å². The van der Waals surface area contributed by atoms with Crippen LogP contribution in [0.3, 0.4) is 0 Å². The summed E-state index contributed by atoms with van der Waals surface area (Å²) in [6.07, 6.45) is -7.09. The van der Waals surface area contributed by atoms with Crippen molar-refractivity contribution in [3.8, 4) is 5.75 Å². The molecule has 17 heteroatoms. The Hall–Kier alpha value is -3.37. The van der Waals surface area contributed by atoms with Gasteiger partial charge in [-0.1, -0.05) is 30.3 Å². The topological polar surface area (TPSA) is 176 Å². The van der Waals surface area contributed by atoms with Gasteiger partial charge in [-0.2, -0.15) is 0 Å². The number of nitrogens with one attached hydrogen (secondary N) is 1. The van der Waals surface area contributed by atoms with Gasteiger partial charge in [-0.05, 0) is 55.5 Å². The Morgan fingerprint density at radius 3 is 2.61 bits per heavy atom. The van der Waals surface area contributed by atoms with Crippen LogP contribution in [0.25, 0.3) is 21.9 Å². The largest absolute Gasteiger partial charge is 0.462 e. The van der Waals surface area contributed by atoms with Gasteiger partial charge in [-0.3, -0.25) is 9.36 Å². The second kappa shape index (κ2) is 12.6. The lowest BCUT2D eigenvalue weighted by Gasteiger charge is -2.34. The summed E-state index contributed by atoms with van der Waals surface area (Å²) in [7, 11) is 0. The number of nitrogen functional groups attached to an aromatic ring is 1. The second-order valence-corrected chi connectivity index (χ2v) is 13.6. The molecule has 1 aliphatic rings. The molecule has 0 saturated carbocycles. The maximum absolute atomic E-state index is 14.8. The number of halogens is 2. The number of aliphatic hydroxyl groups is 2. The molecule has 0 spiro atoms. The van der Waals surface area contributed by atoms with E-state index in [2.05, 4.69) is 20.0 Å². The molecule has 13 nitrogen and oxygen atoms in total. The molecule has 1 unspecified atom stereocenters. The number of aromatic nitrogens is 4. The summed E-state index contributed by atoms with van der Waals surface area (Å²) in [5.74, 6) is -0.416. The third-order valence-corrected chi connectivity index (χ3v) is 9.43. The highest BCUT2D eigenvalue weighted by Gasteiger charge is 2.61. The van der Waals surface area contributed by atoms with Gasteiger partial charge in [-0.15, -0.1) is 0 Å². The molecular formula is C27H31F2N6O7PS. The van der Waals surface area contributed by atoms with Crippen molar-refractivity contribution in [2.24, 2.45) is 0 Å². The van der Waals surface area contributed by atoms with Crippen molar-refractivity contribution < 1.29 is 42.3 Å². The molecule has 4 aromatic rings. The number of nitrogens with two attached hydrogens (primary N) is 1. The maximum Gasteiger partial charge on any atom is 0.323 e. The first-order chi connectivity index (χ1) is 20.8. The molecule has 5 rings (SSSR count). The monoisotopic (exact) mass is 652 g/mol. The number of alkyl halides is 2. The SMILES string of the molecule is CC(C)OC(=O)[C@H](C)NP(=S)(OC[C@@]1(C(F)F)O[C@@H](n2cnc3c(N)ncnc32)[C@H](O)[C@@H]1O)Oc1ccc2ccccc2c1. The van der Waals surface area contributed by atoms with E-state index in [0.717, 1.165) is 21.7 Å². The standard InChI is InChI=1S/C27H31F2N6O7PS/c1-14(2)40-25(38)15(3)34-43(44,42-18-9-8-16-6-4-5-7-17(16)10-18)39-11-27(26(28)29)21(37)20(36)24(41-27)35-13-33-19-22(30)31-12-32-23(19)35/h4-10,12-15,20-21,24,26,36-37H,11H2,1-3H3,(H,34,44)(H2,30,31,32)/t15-,20+,21-,24+,27+,43?/m0/s1. The molecule has 1 saturated heterocycles. The summed E-state index contributed by atoms with van der Waals surface area (Å²) in [5.41, 5.74) is 3.28. The van der Waals surface area contributed by atoms with Crippen LogP contribution >= 0.6 is 6.64 Å². The van der Waals surface area contributed by atoms with Gasteiger partial charge >= 0.3 is 12.6 Å². The zero-order chi connectivity index (χ0) is 31.8. The fourth-order valence-corrected chi connectivity index (χ4v) is 7.13. The highest BCUT2D eigenvalue weighted by molar-refractivity contribution is 8.09. The molecule has 1 fully saturated rings. The fourth-order valence-electron chi connectivity index (χ4n) is 4.71. The van der Waals surface area contributed by atoms with E-state index >= 15 is 0 Å². The molecule has 0 amide bonds. The molecule has 0 bridgehead atoms. The van der Waals surface area contributed by atoms with E-state index in [1.807, 2.05) is 24.3 Å². The zero-order valence-corrected chi connectivity index (χ0v) is 25.5. The quantitative estimate of drug-likeness (QED) is 0.138. The summed E-state index contributed by atoms with van der Waals surface area (Å²) >= 11 is 5.70. The van der Waals surface area contributed by atoms with Gasteiger partial charge in [0.15, 0.2) is 23.3 Å². The molecule has 236 valence electrons. The van der Waals surface area contributed by atoms with Crippen LogP contribution in [0.2, 0.25) is 0 Å². The summed E-state index contributed by atoms with van der Waals surface area (Å²) < 4.78 is 53.6. The van der Waals surface area contributed by atoms with Crippen LogP contribution in [-0.2, 0) is 30.6 Å². The molecule has 1 aliphatic heterocycles. The number of carbonyl (C=O) groups is 1. The number of benzene rings is 2. The number of esters is 1. The lowest BCUT2D eigenvalue weighted by Crippen LogP contribution is -2.53. The van der Waals surface area contributed by atoms with Crippen LogP contribution in [-0.4, -0.2) is 78.7 Å². The Balaban J connectivity index is 1.45. The Bertz CT molecular complexity index is 1710. The molecular weight excluding hydrogens is 621 g/mol. The normalized spacial score (nSPS) is 24.2. The number of imidazole rings is 1. The highest BCUT2D eigenvalue weighted by Crippen LogP contribution is 2.50. The average molecular weight is 653 g/mol. The molecule has 2 aromatic heterocycles. The van der Waals surface area contributed by atoms with Crippen LogP contribution in [0.5, 0.6) is 5.75 Å². The van der Waals surface area contributed by atoms with Crippen molar-refractivity contribution in [1.29, 1.82) is 0 Å². The Morgan fingerprint density at radius 2 is 1.91 bits per heavy atom. The van der Waals surface area contributed by atoms with E-state index in [1.165, 1.54) is 13.3 Å². The lowest BCUT2D eigenvalue weighted by atomic mass is 9.96. The van der Waals surface area contributed by atoms with E-state index in [-0.39, 0.29) is 22.7 Å². The van der Waals surface area contributed by atoms with E-state index in [9.17, 15) is 23.8 Å². The number of carbonyl (C=O) groups excluding carboxylic acids is 1. The van der Waals surface area contributed by atoms with Crippen LogP contribution in [0.15, 0.2) is 55.1 Å². The third-order valence-electron chi connectivity index (χ3n) is 6.95. The molecule has 3 heterocycles. The van der Waals surface area contributed by atoms with Crippen molar-refractivity contribution in [2.45, 2.75) is 63.4 Å². The predicted molar refractivity (Wildman–Crippen MR) is 159 cm³/mol. The number of hydrogen-bond donors (Lipinski definition) is 4. The number of anilines is 1. The number of rotatable bonds is 11. The van der Waals surface area contributed by atoms with Crippen LogP contribution < -0.4 is 15.3 Å². The first kappa shape index (κ1) is 32.0. The minimum absolute atomic E-state index is 0.0213. The molecule has 0 radical (unpaired) electrons. The van der Waals surface area contributed by atoms with E-state index < -0.39 is 61.8 Å². The fraction of sp³-hybridized carbons (Fsp3) is 0.407. The van der Waals surface area contributed by atoms with Gasteiger partial charge in [0.25, 0.3) is 6.43 Å². The third kappa shape index (κ3) is 6.24. The summed E-state index contributed by atoms with van der Waals surface area (Å²) in [4.78, 5) is 24.6. The summed E-state index contributed by atoms with van der Waals surface area (Å²) in [5, 5.41) is 26.4. The Labute approximate surface area is 255 Å². The molecule has 2 aromatic carbocycles. The molecule has 5 N–H and O–H groups in total. The molecule has 44 heavy (non-hydrogen) atoms. The average Bonchev–Trinajstić information content (AvgIpc) is 3.51. The Kier molecular flexibility index (Phi) is 9.14. The van der Waals surface area contributed by atoms with Crippen molar-refractivity contribution in [3.63, 3.8) is 0 Å². The van der Waals surface area contributed by atoms with Crippen molar-refractivity contribution >= 4 is 52.2 Å². The summed E-state index contributed by atoms with van der Waals surface area (Å²) in [6.45, 7) is -0.103. The van der Waals surface area contributed by atoms with Gasteiger partial charge in [0.2, 0.25) is 0 Å². The van der Waals surface area contributed by atoms with Gasteiger partial charge in [0, 0.05) is 0 Å². The van der Waals surface area contributed by atoms with Gasteiger partial charge < -0.3 is 34.5 Å². The number of ether oxygens (including phenoxy) is 2. The maximum atomic E-state index is 14.8. The zero-order valence-electron chi connectivity index (χ0n) is 23.8. The highest BCUT2D eigenvalue weighted by atomic mass is 32.5. The van der Waals surface area contributed by atoms with Crippen LogP contribution in [0.1, 0.15) is 27.0 Å². The van der Waals surface area contributed by atoms with E-state index in [1.54, 1.807) is 32.0 Å². The van der Waals surface area contributed by atoms with E-state index in [4.69, 9.17) is 36.1 Å².